The van der Waals surface area contributed by atoms with Crippen molar-refractivity contribution >= 4 is 10.0 Å². The van der Waals surface area contributed by atoms with E-state index < -0.39 is 27.1 Å². The fourth-order valence-electron chi connectivity index (χ4n) is 4.22. The van der Waals surface area contributed by atoms with Crippen LogP contribution in [0.2, 0.25) is 0 Å². The number of sulfonamides is 1. The van der Waals surface area contributed by atoms with Gasteiger partial charge >= 0.3 is 0 Å². The van der Waals surface area contributed by atoms with Gasteiger partial charge in [-0.3, -0.25) is 0 Å². The largest absolute Gasteiger partial charge is 0.392 e. The Morgan fingerprint density at radius 1 is 1.32 bits per heavy atom. The molecular formula is C14H27NO3S. The van der Waals surface area contributed by atoms with E-state index in [0.29, 0.717) is 5.92 Å². The summed E-state index contributed by atoms with van der Waals surface area (Å²) in [4.78, 5) is 0. The van der Waals surface area contributed by atoms with Gasteiger partial charge in [-0.05, 0) is 51.4 Å². The summed E-state index contributed by atoms with van der Waals surface area (Å²) in [6.07, 6.45) is 2.11. The summed E-state index contributed by atoms with van der Waals surface area (Å²) in [5.74, 6) is 0.495. The van der Waals surface area contributed by atoms with Crippen LogP contribution >= 0.6 is 0 Å². The van der Waals surface area contributed by atoms with Crippen molar-refractivity contribution in [2.24, 2.45) is 16.7 Å². The van der Waals surface area contributed by atoms with Gasteiger partial charge in [0.15, 0.2) is 0 Å². The van der Waals surface area contributed by atoms with Crippen LogP contribution in [0.5, 0.6) is 0 Å². The number of aliphatic hydroxyl groups excluding tert-OH is 1. The molecule has 0 aromatic heterocycles. The Morgan fingerprint density at radius 2 is 1.89 bits per heavy atom. The number of hydrogen-bond acceptors (Lipinski definition) is 3. The molecule has 2 aliphatic carbocycles. The summed E-state index contributed by atoms with van der Waals surface area (Å²) in [6, 6.07) is 0. The molecule has 0 unspecified atom stereocenters. The van der Waals surface area contributed by atoms with E-state index in [0.717, 1.165) is 19.3 Å². The maximum atomic E-state index is 12.4. The predicted octanol–water partition coefficient (Wildman–Crippen LogP) is 1.89. The Hall–Kier alpha value is -0.130. The first-order valence-electron chi connectivity index (χ1n) is 7.09. The Morgan fingerprint density at radius 3 is 2.26 bits per heavy atom. The highest BCUT2D eigenvalue weighted by Gasteiger charge is 2.65. The van der Waals surface area contributed by atoms with Gasteiger partial charge < -0.3 is 5.11 Å². The van der Waals surface area contributed by atoms with Gasteiger partial charge in [-0.15, -0.1) is 0 Å². The lowest BCUT2D eigenvalue weighted by Crippen LogP contribution is -2.50. The molecule has 19 heavy (non-hydrogen) atoms. The molecule has 5 heteroatoms. The van der Waals surface area contributed by atoms with Gasteiger partial charge in [0.1, 0.15) is 0 Å². The fourth-order valence-corrected chi connectivity index (χ4v) is 6.61. The zero-order valence-corrected chi connectivity index (χ0v) is 13.5. The van der Waals surface area contributed by atoms with Crippen molar-refractivity contribution in [2.45, 2.75) is 65.5 Å². The van der Waals surface area contributed by atoms with Gasteiger partial charge in [0.05, 0.1) is 11.9 Å². The predicted molar refractivity (Wildman–Crippen MR) is 76.2 cm³/mol. The van der Waals surface area contributed by atoms with Crippen molar-refractivity contribution in [3.63, 3.8) is 0 Å². The number of aliphatic hydroxyl groups is 1. The third kappa shape index (κ3) is 2.45. The molecule has 0 spiro atoms. The van der Waals surface area contributed by atoms with Gasteiger partial charge in [-0.25, -0.2) is 13.1 Å². The maximum Gasteiger partial charge on any atom is 0.212 e. The SMILES string of the molecule is CC(C)(C)NS(=O)(=O)C[C@]12CC[C@H](C[C@@H]1O)C2(C)C. The van der Waals surface area contributed by atoms with Gasteiger partial charge in [0.25, 0.3) is 0 Å². The van der Waals surface area contributed by atoms with E-state index in [1.165, 1.54) is 0 Å². The topological polar surface area (TPSA) is 66.4 Å². The molecule has 0 saturated heterocycles. The van der Waals surface area contributed by atoms with E-state index in [-0.39, 0.29) is 11.2 Å². The van der Waals surface area contributed by atoms with Crippen molar-refractivity contribution in [3.8, 4) is 0 Å². The van der Waals surface area contributed by atoms with E-state index >= 15 is 0 Å². The number of nitrogens with one attached hydrogen (secondary N) is 1. The zero-order chi connectivity index (χ0) is 14.7. The molecule has 112 valence electrons. The quantitative estimate of drug-likeness (QED) is 0.834. The second kappa shape index (κ2) is 4.18. The van der Waals surface area contributed by atoms with Crippen molar-refractivity contribution < 1.29 is 13.5 Å². The number of fused-ring (bicyclic) bond motifs is 2. The summed E-state index contributed by atoms with van der Waals surface area (Å²) in [5.41, 5.74) is -1.05. The van der Waals surface area contributed by atoms with Crippen LogP contribution in [0.4, 0.5) is 0 Å². The van der Waals surface area contributed by atoms with E-state index in [1.807, 2.05) is 20.8 Å². The molecule has 2 bridgehead atoms. The van der Waals surface area contributed by atoms with E-state index in [2.05, 4.69) is 18.6 Å². The van der Waals surface area contributed by atoms with Gasteiger partial charge in [-0.1, -0.05) is 13.8 Å². The molecule has 0 amide bonds. The van der Waals surface area contributed by atoms with Gasteiger partial charge in [0.2, 0.25) is 10.0 Å². The highest BCUT2D eigenvalue weighted by atomic mass is 32.2. The van der Waals surface area contributed by atoms with Crippen LogP contribution in [-0.2, 0) is 10.0 Å². The number of rotatable bonds is 3. The Kier molecular flexibility index (Phi) is 3.36. The second-order valence-corrected chi connectivity index (χ2v) is 9.70. The number of hydrogen-bond donors (Lipinski definition) is 2. The lowest BCUT2D eigenvalue weighted by Gasteiger charge is -2.40. The highest BCUT2D eigenvalue weighted by molar-refractivity contribution is 7.89. The summed E-state index contributed by atoms with van der Waals surface area (Å²) >= 11 is 0. The standard InChI is InChI=1S/C14H27NO3S/c1-12(2,3)15-19(17,18)9-14-7-6-10(8-11(14)16)13(14,4)5/h10-11,15-16H,6-9H2,1-5H3/t10-,11+,14-/m1/s1. The van der Waals surface area contributed by atoms with Crippen LogP contribution in [0.15, 0.2) is 0 Å². The molecule has 0 radical (unpaired) electrons. The summed E-state index contributed by atoms with van der Waals surface area (Å²) < 4.78 is 27.5. The zero-order valence-electron chi connectivity index (χ0n) is 12.7. The van der Waals surface area contributed by atoms with E-state index in [1.54, 1.807) is 0 Å². The minimum absolute atomic E-state index is 0.0436. The molecule has 0 heterocycles. The van der Waals surface area contributed by atoms with Gasteiger partial charge in [0, 0.05) is 11.0 Å². The second-order valence-electron chi connectivity index (χ2n) is 7.98. The fraction of sp³-hybridized carbons (Fsp3) is 1.00. The molecule has 3 atom stereocenters. The van der Waals surface area contributed by atoms with Crippen LogP contribution in [-0.4, -0.2) is 30.9 Å². The smallest absolute Gasteiger partial charge is 0.212 e. The van der Waals surface area contributed by atoms with Crippen LogP contribution in [0.3, 0.4) is 0 Å². The third-order valence-corrected chi connectivity index (χ3v) is 7.12. The van der Waals surface area contributed by atoms with Crippen molar-refractivity contribution in [2.75, 3.05) is 5.75 Å². The molecule has 2 aliphatic rings. The Bertz CT molecular complexity index is 464. The monoisotopic (exact) mass is 289 g/mol. The summed E-state index contributed by atoms with van der Waals surface area (Å²) in [6.45, 7) is 9.77. The summed E-state index contributed by atoms with van der Waals surface area (Å²) in [7, 11) is -3.38. The lowest BCUT2D eigenvalue weighted by atomic mass is 9.70. The third-order valence-electron chi connectivity index (χ3n) is 5.30. The molecule has 2 N–H and O–H groups in total. The molecule has 2 rings (SSSR count). The highest BCUT2D eigenvalue weighted by Crippen LogP contribution is 2.66. The maximum absolute atomic E-state index is 12.4. The van der Waals surface area contributed by atoms with Crippen LogP contribution in [0.25, 0.3) is 0 Å². The molecule has 0 aromatic rings. The summed E-state index contributed by atoms with van der Waals surface area (Å²) in [5, 5.41) is 10.4. The molecule has 4 nitrogen and oxygen atoms in total. The Balaban J connectivity index is 2.27. The molecule has 2 fully saturated rings. The van der Waals surface area contributed by atoms with Crippen molar-refractivity contribution in [1.82, 2.24) is 4.72 Å². The Labute approximate surface area is 117 Å². The molecular weight excluding hydrogens is 262 g/mol. The first-order valence-corrected chi connectivity index (χ1v) is 8.75. The molecule has 2 saturated carbocycles. The van der Waals surface area contributed by atoms with E-state index in [4.69, 9.17) is 0 Å². The molecule has 0 aromatic carbocycles. The average molecular weight is 289 g/mol. The van der Waals surface area contributed by atoms with Crippen LogP contribution < -0.4 is 4.72 Å². The van der Waals surface area contributed by atoms with Crippen LogP contribution in [0, 0.1) is 16.7 Å². The molecule has 0 aliphatic heterocycles. The normalized spacial score (nSPS) is 37.8. The average Bonchev–Trinajstić information content (AvgIpc) is 2.46. The first-order chi connectivity index (χ1) is 8.40. The van der Waals surface area contributed by atoms with Gasteiger partial charge in [-0.2, -0.15) is 0 Å². The lowest BCUT2D eigenvalue weighted by molar-refractivity contribution is 0.0151. The first kappa shape index (κ1) is 15.3. The van der Waals surface area contributed by atoms with Crippen LogP contribution in [0.1, 0.15) is 53.9 Å². The van der Waals surface area contributed by atoms with Crippen molar-refractivity contribution in [1.29, 1.82) is 0 Å². The van der Waals surface area contributed by atoms with Crippen molar-refractivity contribution in [3.05, 3.63) is 0 Å². The minimum Gasteiger partial charge on any atom is -0.392 e. The minimum atomic E-state index is -3.38. The van der Waals surface area contributed by atoms with E-state index in [9.17, 15) is 13.5 Å².